The molecule has 0 bridgehead atoms. The van der Waals surface area contributed by atoms with Crippen molar-refractivity contribution in [1.29, 1.82) is 0 Å². The van der Waals surface area contributed by atoms with E-state index in [0.717, 1.165) is 44.4 Å². The van der Waals surface area contributed by atoms with Crippen LogP contribution < -0.4 is 0 Å². The smallest absolute Gasteiger partial charge is 0.462 e. The van der Waals surface area contributed by atoms with Crippen LogP contribution in [0.4, 0.5) is 0 Å². The van der Waals surface area contributed by atoms with Gasteiger partial charge >= 0.3 is 27.6 Å². The van der Waals surface area contributed by atoms with Crippen molar-refractivity contribution >= 4 is 27.6 Å². The minimum atomic E-state index is -4.88. The van der Waals surface area contributed by atoms with Crippen LogP contribution in [0.15, 0.2) is 36.5 Å². The van der Waals surface area contributed by atoms with Crippen LogP contribution in [0.5, 0.6) is 0 Å². The van der Waals surface area contributed by atoms with E-state index in [9.17, 15) is 33.8 Å². The van der Waals surface area contributed by atoms with Gasteiger partial charge < -0.3 is 34.4 Å². The van der Waals surface area contributed by atoms with Crippen LogP contribution in [0.3, 0.4) is 0 Å². The standard InChI is InChI=1S/C43H80O14P2/c1-4-6-7-8-9-10-11-12-13-17-20-23-26-30-39(44)31-28-33-42(46)53-36-41(37-56-59(51,52)55-35-40(45)34-54-58(48,49)50)57-43(47)32-27-24-21-18-15-14-16-19-22-25-29-38(3)5-2/h12-13,20,23,26,30,38-41,44-45H,4-11,14-19,21-22,24-25,27-29,31-37H2,1-3H3,(H,51,52)(H2,48,49,50)/b13-12+,23-20+,30-26+/t38?,39?,40-,41+/m0/s1. The Morgan fingerprint density at radius 2 is 1.19 bits per heavy atom. The molecule has 5 N–H and O–H groups in total. The van der Waals surface area contributed by atoms with Gasteiger partial charge in [0.1, 0.15) is 12.7 Å². The quantitative estimate of drug-likeness (QED) is 0.0127. The molecule has 0 rings (SSSR count). The first-order valence-corrected chi connectivity index (χ1v) is 25.2. The first-order valence-electron chi connectivity index (χ1n) is 22.2. The Hall–Kier alpha value is -1.70. The summed E-state index contributed by atoms with van der Waals surface area (Å²) in [5, 5.41) is 20.0. The summed E-state index contributed by atoms with van der Waals surface area (Å²) >= 11 is 0. The largest absolute Gasteiger partial charge is 0.472 e. The van der Waals surface area contributed by atoms with Gasteiger partial charge in [0.2, 0.25) is 0 Å². The molecule has 0 spiro atoms. The zero-order valence-electron chi connectivity index (χ0n) is 36.4. The number of esters is 2. The normalized spacial score (nSPS) is 15.5. The molecular weight excluding hydrogens is 802 g/mol. The summed E-state index contributed by atoms with van der Waals surface area (Å²) in [5.41, 5.74) is 0. The lowest BCUT2D eigenvalue weighted by atomic mass is 9.99. The minimum absolute atomic E-state index is 0.0277. The third-order valence-electron chi connectivity index (χ3n) is 9.67. The van der Waals surface area contributed by atoms with Crippen LogP contribution in [0.25, 0.3) is 0 Å². The highest BCUT2D eigenvalue weighted by molar-refractivity contribution is 7.47. The van der Waals surface area contributed by atoms with E-state index in [1.165, 1.54) is 83.5 Å². The molecule has 346 valence electrons. The first kappa shape index (κ1) is 57.3. The average Bonchev–Trinajstić information content (AvgIpc) is 3.19. The maximum absolute atomic E-state index is 12.7. The molecule has 3 unspecified atom stereocenters. The van der Waals surface area contributed by atoms with E-state index in [1.54, 1.807) is 12.2 Å². The van der Waals surface area contributed by atoms with Crippen molar-refractivity contribution in [2.45, 2.75) is 193 Å². The number of unbranched alkanes of at least 4 members (excludes halogenated alkanes) is 15. The zero-order chi connectivity index (χ0) is 44.0. The summed E-state index contributed by atoms with van der Waals surface area (Å²) < 4.78 is 47.6. The Bertz CT molecular complexity index is 1220. The molecule has 0 aliphatic heterocycles. The monoisotopic (exact) mass is 883 g/mol. The van der Waals surface area contributed by atoms with E-state index in [2.05, 4.69) is 42.0 Å². The summed E-state index contributed by atoms with van der Waals surface area (Å²) in [6.45, 7) is 3.87. The highest BCUT2D eigenvalue weighted by atomic mass is 31.2. The number of phosphoric ester groups is 2. The van der Waals surface area contributed by atoms with Crippen molar-refractivity contribution in [3.63, 3.8) is 0 Å². The van der Waals surface area contributed by atoms with Crippen LogP contribution in [-0.2, 0) is 41.8 Å². The van der Waals surface area contributed by atoms with E-state index in [4.69, 9.17) is 23.8 Å². The third-order valence-corrected chi connectivity index (χ3v) is 11.1. The number of hydrogen-bond donors (Lipinski definition) is 5. The molecule has 0 amide bonds. The molecule has 0 heterocycles. The van der Waals surface area contributed by atoms with E-state index in [-0.39, 0.29) is 12.8 Å². The molecule has 14 nitrogen and oxygen atoms in total. The van der Waals surface area contributed by atoms with Crippen LogP contribution in [0.1, 0.15) is 175 Å². The molecule has 59 heavy (non-hydrogen) atoms. The minimum Gasteiger partial charge on any atom is -0.462 e. The van der Waals surface area contributed by atoms with Gasteiger partial charge in [-0.3, -0.25) is 23.2 Å². The van der Waals surface area contributed by atoms with Crippen LogP contribution >= 0.6 is 15.6 Å². The van der Waals surface area contributed by atoms with E-state index < -0.39 is 72.3 Å². The Labute approximate surface area is 355 Å². The van der Waals surface area contributed by atoms with E-state index in [0.29, 0.717) is 19.3 Å². The van der Waals surface area contributed by atoms with Crippen molar-refractivity contribution < 1.29 is 66.7 Å². The Balaban J connectivity index is 4.69. The fraction of sp³-hybridized carbons (Fsp3) is 0.814. The summed E-state index contributed by atoms with van der Waals surface area (Å²) in [6, 6.07) is 0. The molecule has 5 atom stereocenters. The molecule has 0 radical (unpaired) electrons. The van der Waals surface area contributed by atoms with Crippen LogP contribution in [0.2, 0.25) is 0 Å². The summed E-state index contributed by atoms with van der Waals surface area (Å²) in [6.07, 6.45) is 31.7. The van der Waals surface area contributed by atoms with Gasteiger partial charge in [-0.2, -0.15) is 0 Å². The fourth-order valence-corrected chi connectivity index (χ4v) is 7.02. The number of aliphatic hydroxyl groups excluding tert-OH is 2. The maximum atomic E-state index is 12.7. The number of carbonyl (C=O) groups excluding carboxylic acids is 2. The number of allylic oxidation sites excluding steroid dienone is 5. The van der Waals surface area contributed by atoms with Crippen molar-refractivity contribution in [3.8, 4) is 0 Å². The SMILES string of the molecule is CCCCCCCC/C=C/C/C=C/C=C/C(O)CCCC(=O)OC[C@H](COP(=O)(O)OC[C@@H](O)COP(=O)(O)O)OC(=O)CCCCCCCCCCCCC(C)CC. The Kier molecular flexibility index (Phi) is 36.9. The highest BCUT2D eigenvalue weighted by Crippen LogP contribution is 2.43. The number of rotatable bonds is 41. The molecule has 0 saturated carbocycles. The molecule has 0 aliphatic rings. The summed E-state index contributed by atoms with van der Waals surface area (Å²) in [7, 11) is -9.73. The van der Waals surface area contributed by atoms with Gasteiger partial charge in [0.05, 0.1) is 25.9 Å². The molecule has 0 aromatic carbocycles. The van der Waals surface area contributed by atoms with E-state index in [1.807, 2.05) is 12.2 Å². The van der Waals surface area contributed by atoms with Gasteiger partial charge in [0.25, 0.3) is 0 Å². The molecule has 0 aromatic rings. The molecule has 0 fully saturated rings. The number of carbonyl (C=O) groups is 2. The first-order chi connectivity index (χ1) is 28.2. The lowest BCUT2D eigenvalue weighted by Gasteiger charge is -2.20. The molecule has 0 aromatic heterocycles. The number of hydrogen-bond acceptors (Lipinski definition) is 11. The second-order valence-corrected chi connectivity index (χ2v) is 18.1. The van der Waals surface area contributed by atoms with Gasteiger partial charge in [-0.25, -0.2) is 9.13 Å². The fourth-order valence-electron chi connectivity index (χ4n) is 5.86. The van der Waals surface area contributed by atoms with E-state index >= 15 is 0 Å². The second-order valence-electron chi connectivity index (χ2n) is 15.4. The highest BCUT2D eigenvalue weighted by Gasteiger charge is 2.28. The zero-order valence-corrected chi connectivity index (χ0v) is 38.2. The number of ether oxygens (including phenoxy) is 2. The number of aliphatic hydroxyl groups is 2. The third kappa shape index (κ3) is 41.4. The van der Waals surface area contributed by atoms with Gasteiger partial charge in [-0.1, -0.05) is 160 Å². The second kappa shape index (κ2) is 38.0. The van der Waals surface area contributed by atoms with Gasteiger partial charge in [0.15, 0.2) is 6.10 Å². The predicted octanol–water partition coefficient (Wildman–Crippen LogP) is 10.1. The van der Waals surface area contributed by atoms with Crippen molar-refractivity contribution in [3.05, 3.63) is 36.5 Å². The molecular formula is C43H80O14P2. The lowest BCUT2D eigenvalue weighted by molar-refractivity contribution is -0.161. The van der Waals surface area contributed by atoms with Crippen LogP contribution in [0, 0.1) is 5.92 Å². The topological polar surface area (TPSA) is 216 Å². The average molecular weight is 883 g/mol. The van der Waals surface area contributed by atoms with Gasteiger partial charge in [-0.05, 0) is 44.4 Å². The molecule has 0 aliphatic carbocycles. The summed E-state index contributed by atoms with van der Waals surface area (Å²) in [5.74, 6) is -0.417. The van der Waals surface area contributed by atoms with Gasteiger partial charge in [-0.15, -0.1) is 0 Å². The maximum Gasteiger partial charge on any atom is 0.472 e. The molecule has 16 heteroatoms. The molecule has 0 saturated heterocycles. The Morgan fingerprint density at radius 3 is 1.83 bits per heavy atom. The van der Waals surface area contributed by atoms with Crippen molar-refractivity contribution in [1.82, 2.24) is 0 Å². The lowest BCUT2D eigenvalue weighted by Crippen LogP contribution is -2.30. The summed E-state index contributed by atoms with van der Waals surface area (Å²) in [4.78, 5) is 52.7. The number of phosphoric acid groups is 2. The van der Waals surface area contributed by atoms with Gasteiger partial charge in [0, 0.05) is 12.8 Å². The van der Waals surface area contributed by atoms with Crippen molar-refractivity contribution in [2.24, 2.45) is 5.92 Å². The predicted molar refractivity (Wildman–Crippen MR) is 231 cm³/mol. The Morgan fingerprint density at radius 1 is 0.610 bits per heavy atom. The van der Waals surface area contributed by atoms with Crippen molar-refractivity contribution in [2.75, 3.05) is 26.4 Å². The van der Waals surface area contributed by atoms with Crippen LogP contribution in [-0.4, -0.2) is 81.6 Å².